The molecule has 0 unspecified atom stereocenters. The number of hydrogen-bond acceptors (Lipinski definition) is 4. The monoisotopic (exact) mass is 241 g/mol. The van der Waals surface area contributed by atoms with Gasteiger partial charge in [-0.1, -0.05) is 6.07 Å². The second kappa shape index (κ2) is 4.31. The van der Waals surface area contributed by atoms with E-state index in [1.807, 2.05) is 24.4 Å². The van der Waals surface area contributed by atoms with Crippen molar-refractivity contribution in [3.8, 4) is 5.75 Å². The molecule has 0 radical (unpaired) electrons. The molecule has 4 nitrogen and oxygen atoms in total. The van der Waals surface area contributed by atoms with Crippen LogP contribution in [0.15, 0.2) is 42.6 Å². The number of rotatable bonds is 3. The predicted molar refractivity (Wildman–Crippen MR) is 71.0 cm³/mol. The standard InChI is InChI=1S/C14H15N3O/c15-13-7-12(13)9-1-6-14(16-8-9)17-10-2-4-11(18)5-3-10/h1-6,8,12-13,18H,7,15H2,(H,16,17)/t12-,13+/m1/s1. The van der Waals surface area contributed by atoms with E-state index in [9.17, 15) is 5.11 Å². The molecule has 3 rings (SSSR count). The topological polar surface area (TPSA) is 71.2 Å². The van der Waals surface area contributed by atoms with Gasteiger partial charge in [0, 0.05) is 23.8 Å². The average Bonchev–Trinajstić information content (AvgIpc) is 3.10. The van der Waals surface area contributed by atoms with Crippen LogP contribution in [0.2, 0.25) is 0 Å². The highest BCUT2D eigenvalue weighted by Gasteiger charge is 2.34. The third-order valence-electron chi connectivity index (χ3n) is 3.19. The lowest BCUT2D eigenvalue weighted by molar-refractivity contribution is 0.475. The number of nitrogens with two attached hydrogens (primary N) is 1. The van der Waals surface area contributed by atoms with Crippen molar-refractivity contribution < 1.29 is 5.11 Å². The molecule has 92 valence electrons. The summed E-state index contributed by atoms with van der Waals surface area (Å²) in [5.74, 6) is 1.53. The van der Waals surface area contributed by atoms with Crippen molar-refractivity contribution in [3.05, 3.63) is 48.2 Å². The minimum atomic E-state index is 0.256. The number of hydrogen-bond donors (Lipinski definition) is 3. The van der Waals surface area contributed by atoms with Gasteiger partial charge < -0.3 is 16.2 Å². The van der Waals surface area contributed by atoms with Crippen LogP contribution < -0.4 is 11.1 Å². The molecule has 0 bridgehead atoms. The smallest absolute Gasteiger partial charge is 0.130 e. The molecule has 2 atom stereocenters. The number of phenols is 1. The predicted octanol–water partition coefficient (Wildman–Crippen LogP) is 2.35. The molecule has 0 aliphatic heterocycles. The third kappa shape index (κ3) is 2.28. The first-order valence-electron chi connectivity index (χ1n) is 6.00. The van der Waals surface area contributed by atoms with E-state index in [2.05, 4.69) is 16.4 Å². The Bertz CT molecular complexity index is 536. The van der Waals surface area contributed by atoms with Crippen LogP contribution in [0.5, 0.6) is 5.75 Å². The quantitative estimate of drug-likeness (QED) is 0.721. The van der Waals surface area contributed by atoms with Gasteiger partial charge in [0.25, 0.3) is 0 Å². The maximum absolute atomic E-state index is 9.20. The summed E-state index contributed by atoms with van der Waals surface area (Å²) in [5.41, 5.74) is 7.91. The number of aromatic nitrogens is 1. The van der Waals surface area contributed by atoms with Crippen molar-refractivity contribution in [2.24, 2.45) is 5.73 Å². The largest absolute Gasteiger partial charge is 0.508 e. The number of anilines is 2. The Morgan fingerprint density at radius 1 is 1.17 bits per heavy atom. The van der Waals surface area contributed by atoms with Gasteiger partial charge in [0.05, 0.1) is 0 Å². The second-order valence-corrected chi connectivity index (χ2v) is 4.65. The Morgan fingerprint density at radius 2 is 1.89 bits per heavy atom. The molecule has 1 heterocycles. The second-order valence-electron chi connectivity index (χ2n) is 4.65. The summed E-state index contributed by atoms with van der Waals surface area (Å²) in [5, 5.41) is 12.4. The van der Waals surface area contributed by atoms with Crippen LogP contribution in [0.25, 0.3) is 0 Å². The normalized spacial score (nSPS) is 21.6. The minimum absolute atomic E-state index is 0.256. The summed E-state index contributed by atoms with van der Waals surface area (Å²) in [7, 11) is 0. The highest BCUT2D eigenvalue weighted by atomic mass is 16.3. The van der Waals surface area contributed by atoms with Gasteiger partial charge in [0.1, 0.15) is 11.6 Å². The molecule has 4 N–H and O–H groups in total. The van der Waals surface area contributed by atoms with Crippen LogP contribution in [0.4, 0.5) is 11.5 Å². The summed E-state index contributed by atoms with van der Waals surface area (Å²) in [6, 6.07) is 11.2. The van der Waals surface area contributed by atoms with Gasteiger partial charge in [-0.05, 0) is 42.3 Å². The van der Waals surface area contributed by atoms with Gasteiger partial charge in [-0.2, -0.15) is 0 Å². The summed E-state index contributed by atoms with van der Waals surface area (Å²) in [4.78, 5) is 4.36. The van der Waals surface area contributed by atoms with Crippen molar-refractivity contribution in [3.63, 3.8) is 0 Å². The van der Waals surface area contributed by atoms with Crippen molar-refractivity contribution >= 4 is 11.5 Å². The zero-order valence-electron chi connectivity index (χ0n) is 9.88. The fourth-order valence-corrected chi connectivity index (χ4v) is 1.99. The van der Waals surface area contributed by atoms with Crippen LogP contribution in [0, 0.1) is 0 Å². The van der Waals surface area contributed by atoms with E-state index >= 15 is 0 Å². The Hall–Kier alpha value is -2.07. The average molecular weight is 241 g/mol. The first-order chi connectivity index (χ1) is 8.72. The molecule has 4 heteroatoms. The zero-order valence-corrected chi connectivity index (χ0v) is 9.88. The molecule has 0 spiro atoms. The lowest BCUT2D eigenvalue weighted by Gasteiger charge is -2.06. The minimum Gasteiger partial charge on any atom is -0.508 e. The highest BCUT2D eigenvalue weighted by Crippen LogP contribution is 2.38. The molecule has 1 aliphatic carbocycles. The Labute approximate surface area is 105 Å². The van der Waals surface area contributed by atoms with E-state index in [-0.39, 0.29) is 5.75 Å². The Balaban J connectivity index is 1.71. The van der Waals surface area contributed by atoms with E-state index in [1.54, 1.807) is 12.1 Å². The van der Waals surface area contributed by atoms with Gasteiger partial charge in [-0.3, -0.25) is 0 Å². The Morgan fingerprint density at radius 3 is 2.44 bits per heavy atom. The van der Waals surface area contributed by atoms with Gasteiger partial charge >= 0.3 is 0 Å². The van der Waals surface area contributed by atoms with E-state index < -0.39 is 0 Å². The summed E-state index contributed by atoms with van der Waals surface area (Å²) >= 11 is 0. The summed E-state index contributed by atoms with van der Waals surface area (Å²) < 4.78 is 0. The summed E-state index contributed by atoms with van der Waals surface area (Å²) in [6.07, 6.45) is 2.94. The molecule has 18 heavy (non-hydrogen) atoms. The van der Waals surface area contributed by atoms with Gasteiger partial charge in [-0.25, -0.2) is 4.98 Å². The number of nitrogens with zero attached hydrogens (tertiary/aromatic N) is 1. The van der Waals surface area contributed by atoms with Crippen LogP contribution in [0.3, 0.4) is 0 Å². The lowest BCUT2D eigenvalue weighted by atomic mass is 10.2. The number of nitrogens with one attached hydrogen (secondary N) is 1. The number of benzene rings is 1. The molecule has 1 aromatic heterocycles. The van der Waals surface area contributed by atoms with Crippen molar-refractivity contribution in [2.75, 3.05) is 5.32 Å². The first kappa shape index (κ1) is 11.0. The van der Waals surface area contributed by atoms with Gasteiger partial charge in [0.2, 0.25) is 0 Å². The molecule has 1 saturated carbocycles. The number of aromatic hydroxyl groups is 1. The maximum Gasteiger partial charge on any atom is 0.130 e. The van der Waals surface area contributed by atoms with E-state index in [1.165, 1.54) is 5.56 Å². The van der Waals surface area contributed by atoms with Crippen molar-refractivity contribution in [1.29, 1.82) is 0 Å². The maximum atomic E-state index is 9.20. The van der Waals surface area contributed by atoms with Crippen molar-refractivity contribution in [2.45, 2.75) is 18.4 Å². The van der Waals surface area contributed by atoms with Gasteiger partial charge in [-0.15, -0.1) is 0 Å². The zero-order chi connectivity index (χ0) is 12.5. The molecular weight excluding hydrogens is 226 g/mol. The molecule has 0 amide bonds. The lowest BCUT2D eigenvalue weighted by Crippen LogP contribution is -2.01. The Kier molecular flexibility index (Phi) is 2.64. The fraction of sp³-hybridized carbons (Fsp3) is 0.214. The molecular formula is C14H15N3O. The highest BCUT2D eigenvalue weighted by molar-refractivity contribution is 5.57. The number of phenolic OH excluding ortho intramolecular Hbond substituents is 1. The first-order valence-corrected chi connectivity index (χ1v) is 6.00. The van der Waals surface area contributed by atoms with Crippen molar-refractivity contribution in [1.82, 2.24) is 4.98 Å². The molecule has 1 aliphatic rings. The van der Waals surface area contributed by atoms with E-state index in [0.717, 1.165) is 17.9 Å². The number of pyridine rings is 1. The summed E-state index contributed by atoms with van der Waals surface area (Å²) in [6.45, 7) is 0. The third-order valence-corrected chi connectivity index (χ3v) is 3.19. The van der Waals surface area contributed by atoms with Crippen LogP contribution in [0.1, 0.15) is 17.9 Å². The SMILES string of the molecule is N[C@H]1C[C@@H]1c1ccc(Nc2ccc(O)cc2)nc1. The van der Waals surface area contributed by atoms with Gasteiger partial charge in [0.15, 0.2) is 0 Å². The van der Waals surface area contributed by atoms with E-state index in [4.69, 9.17) is 5.73 Å². The van der Waals surface area contributed by atoms with E-state index in [0.29, 0.717) is 12.0 Å². The molecule has 1 aromatic carbocycles. The molecule has 1 fully saturated rings. The van der Waals surface area contributed by atoms with Crippen LogP contribution in [-0.2, 0) is 0 Å². The molecule has 2 aromatic rings. The van der Waals surface area contributed by atoms with Crippen LogP contribution in [-0.4, -0.2) is 16.1 Å². The molecule has 0 saturated heterocycles. The fourth-order valence-electron chi connectivity index (χ4n) is 1.99. The van der Waals surface area contributed by atoms with Crippen LogP contribution >= 0.6 is 0 Å².